The van der Waals surface area contributed by atoms with Crippen LogP contribution in [0.4, 0.5) is 0 Å². The minimum atomic E-state index is -1.23. The average molecular weight is 667 g/mol. The Morgan fingerprint density at radius 2 is 0.543 bits per heavy atom. The molecule has 0 saturated carbocycles. The van der Waals surface area contributed by atoms with Crippen LogP contribution in [0.3, 0.4) is 0 Å². The van der Waals surface area contributed by atoms with Gasteiger partial charge in [0, 0.05) is 0 Å². The van der Waals surface area contributed by atoms with Crippen molar-refractivity contribution in [3.63, 3.8) is 0 Å². The molecule has 3 atom stereocenters. The molecule has 0 aromatic carbocycles. The number of unbranched alkanes of at least 4 members (excludes halogenated alkanes) is 15. The first-order chi connectivity index (χ1) is 21.3. The SMILES string of the molecule is CCCCCCCCC(C(C)=O)C(=O)[O-].CCCCCCCCC(C(C)=O)C(=O)[O-].CCCCCCCCC(C(C)=O)C(=O)[O-].[Al+3]. The van der Waals surface area contributed by atoms with E-state index >= 15 is 0 Å². The summed E-state index contributed by atoms with van der Waals surface area (Å²) in [5.74, 6) is -7.22. The van der Waals surface area contributed by atoms with E-state index < -0.39 is 35.7 Å². The molecule has 0 aliphatic rings. The summed E-state index contributed by atoms with van der Waals surface area (Å²) in [7, 11) is 0. The Bertz CT molecular complexity index is 667. The van der Waals surface area contributed by atoms with Gasteiger partial charge in [0.15, 0.2) is 0 Å². The van der Waals surface area contributed by atoms with Gasteiger partial charge in [0.25, 0.3) is 0 Å². The number of Topliss-reactive ketones (excluding diaryl/α,β-unsaturated/α-hetero) is 3. The minimum absolute atomic E-state index is 0. The van der Waals surface area contributed by atoms with E-state index in [-0.39, 0.29) is 34.7 Å². The smallest absolute Gasteiger partial charge is 0.549 e. The summed E-state index contributed by atoms with van der Waals surface area (Å²) in [5.41, 5.74) is 0. The molecule has 3 unspecified atom stereocenters. The molecule has 0 radical (unpaired) electrons. The predicted molar refractivity (Wildman–Crippen MR) is 177 cm³/mol. The molecule has 46 heavy (non-hydrogen) atoms. The third kappa shape index (κ3) is 33.3. The average Bonchev–Trinajstić information content (AvgIpc) is 2.95. The van der Waals surface area contributed by atoms with Crippen molar-refractivity contribution in [3.05, 3.63) is 0 Å². The molecule has 0 amide bonds. The van der Waals surface area contributed by atoms with Crippen molar-refractivity contribution in [2.75, 3.05) is 0 Å². The van der Waals surface area contributed by atoms with Crippen LogP contribution in [0.1, 0.15) is 176 Å². The number of carboxylic acids is 3. The molecule has 0 aliphatic heterocycles. The molecular formula is C36H63AlO9. The zero-order chi connectivity index (χ0) is 35.0. The quantitative estimate of drug-likeness (QED) is 0.0685. The number of hydrogen-bond acceptors (Lipinski definition) is 9. The van der Waals surface area contributed by atoms with Crippen LogP contribution in [0.5, 0.6) is 0 Å². The number of hydrogen-bond donors (Lipinski definition) is 0. The van der Waals surface area contributed by atoms with Crippen molar-refractivity contribution >= 4 is 52.6 Å². The molecule has 10 heteroatoms. The van der Waals surface area contributed by atoms with Crippen LogP contribution in [0, 0.1) is 17.8 Å². The maximum Gasteiger partial charge on any atom is 3.00 e. The molecule has 0 aliphatic carbocycles. The van der Waals surface area contributed by atoms with Gasteiger partial charge >= 0.3 is 17.4 Å². The Morgan fingerprint density at radius 3 is 0.696 bits per heavy atom. The fraction of sp³-hybridized carbons (Fsp3) is 0.833. The van der Waals surface area contributed by atoms with Crippen LogP contribution in [0.15, 0.2) is 0 Å². The number of carbonyl (C=O) groups is 6. The third-order valence-corrected chi connectivity index (χ3v) is 7.86. The van der Waals surface area contributed by atoms with Crippen LogP contribution < -0.4 is 15.3 Å². The third-order valence-electron chi connectivity index (χ3n) is 7.86. The predicted octanol–water partition coefficient (Wildman–Crippen LogP) is 4.70. The first-order valence-corrected chi connectivity index (χ1v) is 17.4. The van der Waals surface area contributed by atoms with Gasteiger partial charge in [0.2, 0.25) is 0 Å². The van der Waals surface area contributed by atoms with Gasteiger partial charge in [-0.2, -0.15) is 0 Å². The van der Waals surface area contributed by atoms with Gasteiger partial charge in [0.05, 0.1) is 35.7 Å². The van der Waals surface area contributed by atoms with Crippen LogP contribution in [0.25, 0.3) is 0 Å². The first kappa shape index (κ1) is 50.8. The van der Waals surface area contributed by atoms with E-state index in [9.17, 15) is 44.1 Å². The van der Waals surface area contributed by atoms with Crippen LogP contribution >= 0.6 is 0 Å². The molecule has 0 saturated heterocycles. The fourth-order valence-corrected chi connectivity index (χ4v) is 4.85. The summed E-state index contributed by atoms with van der Waals surface area (Å²) in [4.78, 5) is 64.5. The largest absolute Gasteiger partial charge is 3.00 e. The van der Waals surface area contributed by atoms with Gasteiger partial charge in [-0.25, -0.2) is 0 Å². The topological polar surface area (TPSA) is 172 Å². The first-order valence-electron chi connectivity index (χ1n) is 17.4. The molecule has 0 aromatic rings. The van der Waals surface area contributed by atoms with Crippen molar-refractivity contribution in [1.82, 2.24) is 0 Å². The van der Waals surface area contributed by atoms with Crippen molar-refractivity contribution < 1.29 is 44.1 Å². The number of ketones is 3. The van der Waals surface area contributed by atoms with Gasteiger partial charge in [-0.05, 0) is 40.0 Å². The summed E-state index contributed by atoms with van der Waals surface area (Å²) in [6, 6.07) is 0. The van der Waals surface area contributed by atoms with E-state index in [1.807, 2.05) is 0 Å². The molecule has 0 heterocycles. The van der Waals surface area contributed by atoms with Crippen molar-refractivity contribution in [2.45, 2.75) is 176 Å². The molecule has 0 bridgehead atoms. The standard InChI is InChI=1S/3C12H22O3.Al/c3*1-3-4-5-6-7-8-9-11(10(2)13)12(14)15;/h3*11H,3-9H2,1-2H3,(H,14,15);/q;;;+3/p-3. The molecular weight excluding hydrogens is 603 g/mol. The Hall–Kier alpha value is -2.05. The van der Waals surface area contributed by atoms with E-state index in [1.165, 1.54) is 78.6 Å². The monoisotopic (exact) mass is 666 g/mol. The van der Waals surface area contributed by atoms with Crippen LogP contribution in [-0.4, -0.2) is 52.6 Å². The van der Waals surface area contributed by atoms with Crippen LogP contribution in [0.2, 0.25) is 0 Å². The number of aliphatic carboxylic acids is 3. The summed E-state index contributed by atoms with van der Waals surface area (Å²) in [5, 5.41) is 31.7. The number of rotatable bonds is 27. The summed E-state index contributed by atoms with van der Waals surface area (Å²) >= 11 is 0. The van der Waals surface area contributed by atoms with E-state index in [0.29, 0.717) is 19.3 Å². The molecule has 9 nitrogen and oxygen atoms in total. The second-order valence-corrected chi connectivity index (χ2v) is 12.1. The minimum Gasteiger partial charge on any atom is -0.549 e. The Balaban J connectivity index is -0.000000285. The van der Waals surface area contributed by atoms with Crippen molar-refractivity contribution in [1.29, 1.82) is 0 Å². The van der Waals surface area contributed by atoms with E-state index in [0.717, 1.165) is 57.8 Å². The maximum atomic E-state index is 10.9. The molecule has 0 aromatic heterocycles. The van der Waals surface area contributed by atoms with E-state index in [4.69, 9.17) is 0 Å². The Labute approximate surface area is 290 Å². The Kier molecular flexibility index (Phi) is 39.5. The zero-order valence-corrected chi connectivity index (χ0v) is 31.0. The van der Waals surface area contributed by atoms with Crippen LogP contribution in [-0.2, 0) is 28.8 Å². The second kappa shape index (κ2) is 35.8. The number of carboxylic acid groups (broad SMARTS) is 3. The molecule has 0 N–H and O–H groups in total. The molecule has 0 rings (SSSR count). The van der Waals surface area contributed by atoms with E-state index in [1.54, 1.807) is 0 Å². The van der Waals surface area contributed by atoms with Crippen molar-refractivity contribution in [2.24, 2.45) is 17.8 Å². The molecule has 0 fully saturated rings. The second-order valence-electron chi connectivity index (χ2n) is 12.1. The van der Waals surface area contributed by atoms with Gasteiger partial charge < -0.3 is 29.7 Å². The van der Waals surface area contributed by atoms with Gasteiger partial charge in [-0.1, -0.05) is 136 Å². The van der Waals surface area contributed by atoms with E-state index in [2.05, 4.69) is 20.8 Å². The summed E-state index contributed by atoms with van der Waals surface area (Å²) < 4.78 is 0. The maximum absolute atomic E-state index is 10.9. The normalized spacial score (nSPS) is 12.1. The molecule has 264 valence electrons. The fourth-order valence-electron chi connectivity index (χ4n) is 4.85. The van der Waals surface area contributed by atoms with Gasteiger partial charge in [-0.3, -0.25) is 14.4 Å². The zero-order valence-electron chi connectivity index (χ0n) is 29.8. The summed E-state index contributed by atoms with van der Waals surface area (Å²) in [6.45, 7) is 10.4. The van der Waals surface area contributed by atoms with Gasteiger partial charge in [-0.15, -0.1) is 0 Å². The summed E-state index contributed by atoms with van der Waals surface area (Å²) in [6.07, 6.45) is 21.1. The van der Waals surface area contributed by atoms with Gasteiger partial charge in [0.1, 0.15) is 17.3 Å². The molecule has 0 spiro atoms. The Morgan fingerprint density at radius 1 is 0.370 bits per heavy atom. The van der Waals surface area contributed by atoms with Crippen molar-refractivity contribution in [3.8, 4) is 0 Å². The number of carbonyl (C=O) groups excluding carboxylic acids is 6.